The highest BCUT2D eigenvalue weighted by Crippen LogP contribution is 2.41. The maximum absolute atomic E-state index is 10.7. The molecule has 0 bridgehead atoms. The molecule has 0 saturated heterocycles. The number of hydrogen-bond acceptors (Lipinski definition) is 22. The molecule has 0 atom stereocenters. The molecule has 0 aliphatic rings. The molecule has 0 aliphatic heterocycles. The van der Waals surface area contributed by atoms with Crippen LogP contribution < -0.4 is 52.1 Å². The van der Waals surface area contributed by atoms with Crippen LogP contribution in [0.4, 0.5) is 5.69 Å². The second-order valence-corrected chi connectivity index (χ2v) is 31.2. The summed E-state index contributed by atoms with van der Waals surface area (Å²) in [5.41, 5.74) is 16.3. The molecule has 12 aromatic carbocycles. The van der Waals surface area contributed by atoms with Crippen molar-refractivity contribution < 1.29 is 56.9 Å². The molecule has 22 heteroatoms. The molecule has 0 N–H and O–H groups in total. The zero-order chi connectivity index (χ0) is 91.3. The number of ether oxygens (including phenoxy) is 11. The summed E-state index contributed by atoms with van der Waals surface area (Å²) < 4.78 is 58.0. The van der Waals surface area contributed by atoms with Crippen molar-refractivity contribution in [1.29, 1.82) is 31.6 Å². The Morgan fingerprint density at radius 1 is 0.307 bits per heavy atom. The van der Waals surface area contributed by atoms with Crippen molar-refractivity contribution in [1.82, 2.24) is 15.0 Å². The minimum absolute atomic E-state index is 0.0446. The van der Waals surface area contributed by atoms with E-state index < -0.39 is 0 Å². The quantitative estimate of drug-likeness (QED) is 0.0200. The first kappa shape index (κ1) is 92.2. The standard InChI is InChI=1S/C51H42N6O6.C20H19NO2.C18H15NO2.C16H12N2O2/c1-49(2,34-7-19-40(20-8-34)54-33-58)37-13-25-43(26-14-37)61-46-55-47(62-44-27-15-38(16-28-44)50(3,4)35-9-21-41(22-10-35)59-31-52)57-48(56-46)63-45-29-17-39(18-30-45)51(5,6)36-11-23-42(24-12-36)60-32-53;1-6-22-19-13(2)7-17(8-14(19)3)11-18-9-15(4)20(23-12-21)16(5)10-18;1-4-20-16-9-5-14(6-10-16)18(2,3)15-7-11-17(12-8-15)21-13-19;1-12(13-2-6-15(7-3-13)19-10-17)14-4-8-16(9-5-14)20-11-18/h7-30H,1-6H3;1,7-10H,11H2,2-5H3;1,5-12H,2-3H3;2-9,12H,1H3. The van der Waals surface area contributed by atoms with Gasteiger partial charge in [0, 0.05) is 27.6 Å². The number of terminal acetylenes is 2. The van der Waals surface area contributed by atoms with E-state index in [1.165, 1.54) is 11.1 Å². The molecular formula is C105H88N10O12. The lowest BCUT2D eigenvalue weighted by Crippen LogP contribution is -2.18. The topological polar surface area (TPSA) is 312 Å². The molecule has 0 spiro atoms. The predicted octanol–water partition coefficient (Wildman–Crippen LogP) is 23.7. The van der Waals surface area contributed by atoms with Crippen LogP contribution in [0, 0.1) is 122 Å². The summed E-state index contributed by atoms with van der Waals surface area (Å²) in [5, 5.41) is 51.8. The predicted molar refractivity (Wildman–Crippen MR) is 479 cm³/mol. The first-order valence-electron chi connectivity index (χ1n) is 39.8. The fraction of sp³-hybridized carbons (Fsp3) is 0.181. The van der Waals surface area contributed by atoms with Crippen LogP contribution in [0.15, 0.2) is 272 Å². The molecule has 13 aromatic rings. The minimum Gasteiger partial charge on any atom is -0.424 e. The average molecular weight is 1680 g/mol. The van der Waals surface area contributed by atoms with E-state index in [-0.39, 0.29) is 45.6 Å². The third kappa shape index (κ3) is 24.4. The average Bonchev–Trinajstić information content (AvgIpc) is 0.818. The number of benzene rings is 12. The fourth-order valence-corrected chi connectivity index (χ4v) is 14.1. The monoisotopic (exact) mass is 1680 g/mol. The zero-order valence-corrected chi connectivity index (χ0v) is 72.2. The lowest BCUT2D eigenvalue weighted by Gasteiger charge is -2.26. The van der Waals surface area contributed by atoms with Gasteiger partial charge < -0.3 is 52.1 Å². The number of aliphatic imine (C=N–C) groups is 1. The van der Waals surface area contributed by atoms with Gasteiger partial charge in [0.2, 0.25) is 6.08 Å². The molecule has 1 aromatic heterocycles. The van der Waals surface area contributed by atoms with Gasteiger partial charge >= 0.3 is 18.0 Å². The van der Waals surface area contributed by atoms with E-state index in [9.17, 15) is 4.79 Å². The van der Waals surface area contributed by atoms with Gasteiger partial charge in [0.05, 0.1) is 5.69 Å². The molecule has 0 unspecified atom stereocenters. The summed E-state index contributed by atoms with van der Waals surface area (Å²) >= 11 is 0. The highest BCUT2D eigenvalue weighted by molar-refractivity contribution is 5.54. The van der Waals surface area contributed by atoms with Crippen molar-refractivity contribution in [2.24, 2.45) is 4.99 Å². The molecule has 0 aliphatic carbocycles. The minimum atomic E-state index is -0.373. The highest BCUT2D eigenvalue weighted by Gasteiger charge is 2.28. The highest BCUT2D eigenvalue weighted by atomic mass is 16.5. The van der Waals surface area contributed by atoms with Crippen molar-refractivity contribution in [2.75, 3.05) is 0 Å². The van der Waals surface area contributed by atoms with Gasteiger partial charge in [0.1, 0.15) is 75.5 Å². The molecule has 0 radical (unpaired) electrons. The van der Waals surface area contributed by atoms with Gasteiger partial charge in [-0.3, -0.25) is 0 Å². The summed E-state index contributed by atoms with van der Waals surface area (Å²) in [6.07, 6.45) is 27.2. The molecule has 0 saturated carbocycles. The van der Waals surface area contributed by atoms with E-state index in [4.69, 9.17) is 96.5 Å². The van der Waals surface area contributed by atoms with Gasteiger partial charge in [0.15, 0.2) is 0 Å². The molecule has 630 valence electrons. The van der Waals surface area contributed by atoms with Crippen LogP contribution in [-0.4, -0.2) is 21.0 Å². The lowest BCUT2D eigenvalue weighted by atomic mass is 9.78. The van der Waals surface area contributed by atoms with Gasteiger partial charge in [-0.05, 0) is 244 Å². The number of isocyanates is 1. The Balaban J connectivity index is 0.000000212. The molecule has 1 heterocycles. The number of aryl methyl sites for hydroxylation is 4. The maximum Gasteiger partial charge on any atom is 0.331 e. The summed E-state index contributed by atoms with van der Waals surface area (Å²) in [7, 11) is 0. The number of rotatable bonds is 27. The first-order valence-corrected chi connectivity index (χ1v) is 39.8. The van der Waals surface area contributed by atoms with E-state index in [2.05, 4.69) is 119 Å². The molecule has 0 fully saturated rings. The Morgan fingerprint density at radius 3 is 0.748 bits per heavy atom. The van der Waals surface area contributed by atoms with Crippen molar-refractivity contribution in [2.45, 2.75) is 124 Å². The van der Waals surface area contributed by atoms with Crippen LogP contribution in [0.2, 0.25) is 0 Å². The Morgan fingerprint density at radius 2 is 0.520 bits per heavy atom. The molecule has 127 heavy (non-hydrogen) atoms. The third-order valence-electron chi connectivity index (χ3n) is 21.5. The van der Waals surface area contributed by atoms with E-state index >= 15 is 0 Å². The van der Waals surface area contributed by atoms with Gasteiger partial charge in [0.25, 0.3) is 37.5 Å². The van der Waals surface area contributed by atoms with Gasteiger partial charge in [-0.25, -0.2) is 4.79 Å². The van der Waals surface area contributed by atoms with Crippen molar-refractivity contribution >= 4 is 11.8 Å². The summed E-state index contributed by atoms with van der Waals surface area (Å²) in [6.45, 7) is 26.9. The third-order valence-corrected chi connectivity index (χ3v) is 21.5. The van der Waals surface area contributed by atoms with E-state index in [1.807, 2.05) is 198 Å². The zero-order valence-electron chi connectivity index (χ0n) is 72.2. The van der Waals surface area contributed by atoms with E-state index in [0.717, 1.165) is 90.1 Å². The second kappa shape index (κ2) is 42.9. The Labute approximate surface area is 739 Å². The van der Waals surface area contributed by atoms with Gasteiger partial charge in [-0.2, -0.15) is 4.99 Å². The van der Waals surface area contributed by atoms with Gasteiger partial charge in [-0.1, -0.05) is 221 Å². The van der Waals surface area contributed by atoms with Crippen LogP contribution in [0.5, 0.6) is 81.3 Å². The number of carbonyl (C=O) groups excluding carboxylic acids is 1. The van der Waals surface area contributed by atoms with Crippen LogP contribution in [0.3, 0.4) is 0 Å². The SMILES string of the molecule is C#COc1c(C)cc(Cc2cc(C)c(OC#N)c(C)c2)cc1C.C#COc1ccc(C(C)(C)c2ccc(OC#N)cc2)cc1.CC(C)(c1ccc(N=C=O)cc1)c1ccc(Oc2nc(Oc3ccc(C(C)(C)c4ccc(OC#N)cc4)cc3)nc(Oc3ccc(C(C)(C)c4ccc(OC#N)cc4)cc3)n2)cc1.CC(c1ccc(OC#N)cc1)c1ccc(OC#N)cc1. The molecule has 0 amide bonds. The molecule has 13 rings (SSSR count). The number of aromatic nitrogens is 3. The van der Waals surface area contributed by atoms with Crippen LogP contribution in [0.25, 0.3) is 0 Å². The van der Waals surface area contributed by atoms with Crippen molar-refractivity contribution in [3.05, 3.63) is 356 Å². The second-order valence-electron chi connectivity index (χ2n) is 31.2. The Kier molecular flexibility index (Phi) is 31.1. The summed E-state index contributed by atoms with van der Waals surface area (Å²) in [6, 6.07) is 83.2. The van der Waals surface area contributed by atoms with E-state index in [1.54, 1.807) is 116 Å². The van der Waals surface area contributed by atoms with Crippen LogP contribution >= 0.6 is 0 Å². The Hall–Kier alpha value is -17.1. The smallest absolute Gasteiger partial charge is 0.331 e. The van der Waals surface area contributed by atoms with Gasteiger partial charge in [-0.15, -0.1) is 46.5 Å². The van der Waals surface area contributed by atoms with Crippen LogP contribution in [-0.2, 0) is 32.9 Å². The van der Waals surface area contributed by atoms with Crippen LogP contribution in [0.1, 0.15) is 157 Å². The molecular weight excluding hydrogens is 1590 g/mol. The number of nitrogens with zero attached hydrogens (tertiary/aromatic N) is 10. The van der Waals surface area contributed by atoms with E-state index in [0.29, 0.717) is 63.2 Å². The summed E-state index contributed by atoms with van der Waals surface area (Å²) in [5.74, 6) is 6.22. The largest absolute Gasteiger partial charge is 0.424 e. The van der Waals surface area contributed by atoms with Crippen molar-refractivity contribution in [3.8, 4) is 144 Å². The maximum atomic E-state index is 10.7. The lowest BCUT2D eigenvalue weighted by molar-refractivity contribution is 0.362. The number of nitriles is 6. The first-order chi connectivity index (χ1) is 61.0. The summed E-state index contributed by atoms with van der Waals surface area (Å²) in [4.78, 5) is 27.9. The molecule has 22 nitrogen and oxygen atoms in total. The fourth-order valence-electron chi connectivity index (χ4n) is 14.1. The number of hydrogen-bond donors (Lipinski definition) is 0. The normalized spacial score (nSPS) is 10.6. The van der Waals surface area contributed by atoms with Crippen molar-refractivity contribution in [3.63, 3.8) is 0 Å². The Bertz CT molecular complexity index is 6010.